The lowest BCUT2D eigenvalue weighted by atomic mass is 10.0. The van der Waals surface area contributed by atoms with Crippen molar-refractivity contribution in [3.63, 3.8) is 0 Å². The number of anilines is 1. The SMILES string of the molecule is N#Cc1cc(C(Nc2ccccc2Cl)C(N)=O)ccc1F. The summed E-state index contributed by atoms with van der Waals surface area (Å²) < 4.78 is 13.3. The minimum Gasteiger partial charge on any atom is -0.369 e. The van der Waals surface area contributed by atoms with Gasteiger partial charge >= 0.3 is 0 Å². The van der Waals surface area contributed by atoms with Gasteiger partial charge in [-0.2, -0.15) is 5.26 Å². The number of carbonyl (C=O) groups excluding carboxylic acids is 1. The quantitative estimate of drug-likeness (QED) is 0.911. The van der Waals surface area contributed by atoms with Gasteiger partial charge in [0.25, 0.3) is 0 Å². The van der Waals surface area contributed by atoms with Crippen LogP contribution in [0.3, 0.4) is 0 Å². The minimum absolute atomic E-state index is 0.153. The van der Waals surface area contributed by atoms with Crippen molar-refractivity contribution in [1.29, 1.82) is 5.26 Å². The number of nitriles is 1. The highest BCUT2D eigenvalue weighted by Crippen LogP contribution is 2.26. The molecule has 0 bridgehead atoms. The van der Waals surface area contributed by atoms with Gasteiger partial charge in [-0.05, 0) is 29.8 Å². The van der Waals surface area contributed by atoms with Crippen LogP contribution in [-0.2, 0) is 4.79 Å². The molecule has 4 nitrogen and oxygen atoms in total. The summed E-state index contributed by atoms with van der Waals surface area (Å²) in [5.74, 6) is -1.31. The Labute approximate surface area is 125 Å². The number of para-hydroxylation sites is 1. The van der Waals surface area contributed by atoms with Gasteiger partial charge < -0.3 is 11.1 Å². The van der Waals surface area contributed by atoms with E-state index in [-0.39, 0.29) is 5.56 Å². The fourth-order valence-electron chi connectivity index (χ4n) is 1.86. The van der Waals surface area contributed by atoms with E-state index in [1.807, 2.05) is 0 Å². The van der Waals surface area contributed by atoms with Gasteiger partial charge in [-0.25, -0.2) is 4.39 Å². The van der Waals surface area contributed by atoms with Crippen molar-refractivity contribution in [2.24, 2.45) is 5.73 Å². The number of hydrogen-bond donors (Lipinski definition) is 2. The largest absolute Gasteiger partial charge is 0.369 e. The van der Waals surface area contributed by atoms with Gasteiger partial charge in [-0.15, -0.1) is 0 Å². The molecule has 0 heterocycles. The third-order valence-electron chi connectivity index (χ3n) is 2.90. The predicted molar refractivity (Wildman–Crippen MR) is 78.1 cm³/mol. The topological polar surface area (TPSA) is 78.9 Å². The number of nitrogens with one attached hydrogen (secondary N) is 1. The number of nitrogens with two attached hydrogens (primary N) is 1. The van der Waals surface area contributed by atoms with Gasteiger partial charge in [0.1, 0.15) is 17.9 Å². The van der Waals surface area contributed by atoms with E-state index in [9.17, 15) is 9.18 Å². The van der Waals surface area contributed by atoms with Crippen LogP contribution in [0.1, 0.15) is 17.2 Å². The number of carbonyl (C=O) groups is 1. The van der Waals surface area contributed by atoms with Crippen LogP contribution in [0.25, 0.3) is 0 Å². The van der Waals surface area contributed by atoms with E-state index in [2.05, 4.69) is 5.32 Å². The summed E-state index contributed by atoms with van der Waals surface area (Å²) in [6.45, 7) is 0. The maximum absolute atomic E-state index is 13.3. The van der Waals surface area contributed by atoms with Crippen molar-refractivity contribution in [3.8, 4) is 6.07 Å². The van der Waals surface area contributed by atoms with Gasteiger partial charge in [0.15, 0.2) is 0 Å². The molecule has 0 aliphatic carbocycles. The van der Waals surface area contributed by atoms with Crippen LogP contribution in [-0.4, -0.2) is 5.91 Å². The van der Waals surface area contributed by atoms with E-state index in [0.717, 1.165) is 6.07 Å². The smallest absolute Gasteiger partial charge is 0.244 e. The molecule has 6 heteroatoms. The molecule has 2 aromatic rings. The fraction of sp³-hybridized carbons (Fsp3) is 0.0667. The van der Waals surface area contributed by atoms with Crippen LogP contribution in [0.2, 0.25) is 5.02 Å². The summed E-state index contributed by atoms with van der Waals surface area (Å²) in [5.41, 5.74) is 6.13. The standard InChI is InChI=1S/C15H11ClFN3O/c16-11-3-1-2-4-13(11)20-14(15(19)21)9-5-6-12(17)10(7-9)8-18/h1-7,14,20H,(H2,19,21). The van der Waals surface area contributed by atoms with Crippen molar-refractivity contribution < 1.29 is 9.18 Å². The Hall–Kier alpha value is -2.58. The second-order valence-electron chi connectivity index (χ2n) is 4.31. The average molecular weight is 304 g/mol. The molecule has 3 N–H and O–H groups in total. The van der Waals surface area contributed by atoms with Crippen molar-refractivity contribution in [1.82, 2.24) is 0 Å². The second kappa shape index (κ2) is 6.25. The lowest BCUT2D eigenvalue weighted by Crippen LogP contribution is -2.28. The summed E-state index contributed by atoms with van der Waals surface area (Å²) in [5, 5.41) is 12.2. The molecule has 0 spiro atoms. The molecule has 2 aromatic carbocycles. The van der Waals surface area contributed by atoms with Crippen LogP contribution < -0.4 is 11.1 Å². The molecular weight excluding hydrogens is 293 g/mol. The molecule has 0 fully saturated rings. The van der Waals surface area contributed by atoms with E-state index in [4.69, 9.17) is 22.6 Å². The van der Waals surface area contributed by atoms with Gasteiger partial charge in [-0.3, -0.25) is 4.79 Å². The van der Waals surface area contributed by atoms with Crippen LogP contribution in [0.4, 0.5) is 10.1 Å². The van der Waals surface area contributed by atoms with Crippen LogP contribution in [0.5, 0.6) is 0 Å². The van der Waals surface area contributed by atoms with Crippen LogP contribution in [0, 0.1) is 17.1 Å². The minimum atomic E-state index is -0.919. The van der Waals surface area contributed by atoms with E-state index in [1.165, 1.54) is 12.1 Å². The first-order valence-corrected chi connectivity index (χ1v) is 6.40. The number of rotatable bonds is 4. The zero-order valence-corrected chi connectivity index (χ0v) is 11.6. The molecule has 1 amide bonds. The second-order valence-corrected chi connectivity index (χ2v) is 4.72. The molecule has 1 atom stereocenters. The van der Waals surface area contributed by atoms with E-state index < -0.39 is 17.8 Å². The molecule has 0 saturated carbocycles. The Bertz CT molecular complexity index is 727. The van der Waals surface area contributed by atoms with E-state index >= 15 is 0 Å². The lowest BCUT2D eigenvalue weighted by Gasteiger charge is -2.18. The number of halogens is 2. The predicted octanol–water partition coefficient (Wildman–Crippen LogP) is 2.99. The molecule has 0 aliphatic heterocycles. The van der Waals surface area contributed by atoms with Crippen molar-refractivity contribution in [2.45, 2.75) is 6.04 Å². The van der Waals surface area contributed by atoms with Gasteiger partial charge in [0, 0.05) is 0 Å². The van der Waals surface area contributed by atoms with Gasteiger partial charge in [-0.1, -0.05) is 29.8 Å². The molecule has 106 valence electrons. The van der Waals surface area contributed by atoms with E-state index in [1.54, 1.807) is 30.3 Å². The molecule has 0 aromatic heterocycles. The first-order valence-electron chi connectivity index (χ1n) is 6.03. The van der Waals surface area contributed by atoms with Gasteiger partial charge in [0.2, 0.25) is 5.91 Å². The van der Waals surface area contributed by atoms with Gasteiger partial charge in [0.05, 0.1) is 16.3 Å². The Morgan fingerprint density at radius 2 is 2.05 bits per heavy atom. The molecule has 0 saturated heterocycles. The molecule has 2 rings (SSSR count). The lowest BCUT2D eigenvalue weighted by molar-refractivity contribution is -0.118. The highest BCUT2D eigenvalue weighted by Gasteiger charge is 2.20. The molecule has 1 unspecified atom stereocenters. The van der Waals surface area contributed by atoms with Crippen molar-refractivity contribution in [3.05, 3.63) is 64.4 Å². The normalized spacial score (nSPS) is 11.5. The zero-order valence-electron chi connectivity index (χ0n) is 10.8. The first-order chi connectivity index (χ1) is 10.0. The summed E-state index contributed by atoms with van der Waals surface area (Å²) >= 11 is 6.02. The monoisotopic (exact) mass is 303 g/mol. The Morgan fingerprint density at radius 1 is 1.33 bits per heavy atom. The highest BCUT2D eigenvalue weighted by molar-refractivity contribution is 6.33. The third kappa shape index (κ3) is 3.30. The Morgan fingerprint density at radius 3 is 2.67 bits per heavy atom. The summed E-state index contributed by atoms with van der Waals surface area (Å²) in [7, 11) is 0. The number of benzene rings is 2. The maximum atomic E-state index is 13.3. The van der Waals surface area contributed by atoms with Crippen LogP contribution >= 0.6 is 11.6 Å². The van der Waals surface area contributed by atoms with Crippen LogP contribution in [0.15, 0.2) is 42.5 Å². The molecule has 0 radical (unpaired) electrons. The number of amides is 1. The Balaban J connectivity index is 2.39. The van der Waals surface area contributed by atoms with Crippen molar-refractivity contribution in [2.75, 3.05) is 5.32 Å². The summed E-state index contributed by atoms with van der Waals surface area (Å²) in [6, 6.07) is 11.5. The number of nitrogens with zero attached hydrogens (tertiary/aromatic N) is 1. The average Bonchev–Trinajstić information content (AvgIpc) is 2.47. The molecule has 0 aliphatic rings. The summed E-state index contributed by atoms with van der Waals surface area (Å²) in [6.07, 6.45) is 0. The number of primary amides is 1. The fourth-order valence-corrected chi connectivity index (χ4v) is 2.05. The van der Waals surface area contributed by atoms with E-state index in [0.29, 0.717) is 16.3 Å². The number of hydrogen-bond acceptors (Lipinski definition) is 3. The molecule has 21 heavy (non-hydrogen) atoms. The maximum Gasteiger partial charge on any atom is 0.244 e. The summed E-state index contributed by atoms with van der Waals surface area (Å²) in [4.78, 5) is 11.6. The third-order valence-corrected chi connectivity index (χ3v) is 3.23. The Kier molecular flexibility index (Phi) is 4.41. The molecular formula is C15H11ClFN3O. The zero-order chi connectivity index (χ0) is 15.4. The van der Waals surface area contributed by atoms with Crippen molar-refractivity contribution >= 4 is 23.2 Å². The highest BCUT2D eigenvalue weighted by atomic mass is 35.5. The first kappa shape index (κ1) is 14.8.